The highest BCUT2D eigenvalue weighted by Crippen LogP contribution is 2.37. The maximum Gasteiger partial charge on any atom is 0.145 e. The predicted octanol–water partition coefficient (Wildman–Crippen LogP) is 13.0. The van der Waals surface area contributed by atoms with Crippen molar-refractivity contribution in [1.29, 1.82) is 0 Å². The summed E-state index contributed by atoms with van der Waals surface area (Å²) in [6.45, 7) is 0. The Bertz CT molecular complexity index is 3090. The summed E-state index contributed by atoms with van der Waals surface area (Å²) in [6.07, 6.45) is 0. The molecule has 11 aromatic rings. The molecule has 0 aliphatic carbocycles. The number of hydrogen-bond acceptors (Lipinski definition) is 2. The lowest BCUT2D eigenvalue weighted by Crippen LogP contribution is -1.97. The number of hydrogen-bond donors (Lipinski definition) is 0. The van der Waals surface area contributed by atoms with Crippen LogP contribution in [-0.2, 0) is 0 Å². The first-order chi connectivity index (χ1) is 26.3. The lowest BCUT2D eigenvalue weighted by atomic mass is 9.99. The maximum absolute atomic E-state index is 6.33. The van der Waals surface area contributed by atoms with E-state index >= 15 is 0 Å². The third-order valence-electron chi connectivity index (χ3n) is 10.6. The normalized spacial score (nSPS) is 11.8. The van der Waals surface area contributed by atoms with Crippen LogP contribution < -0.4 is 0 Å². The highest BCUT2D eigenvalue weighted by atomic mass is 16.3. The van der Waals surface area contributed by atoms with E-state index in [0.29, 0.717) is 0 Å². The Morgan fingerprint density at radius 2 is 0.811 bits per heavy atom. The molecule has 11 rings (SSSR count). The second-order valence-corrected chi connectivity index (χ2v) is 13.6. The molecular weight excluding hydrogens is 647 g/mol. The molecule has 3 aromatic heterocycles. The number of aromatic nitrogens is 3. The molecule has 0 saturated heterocycles. The number of nitrogens with zero attached hydrogens (tertiary/aromatic N) is 3. The molecule has 3 heterocycles. The molecule has 0 unspecified atom stereocenters. The molecule has 0 N–H and O–H groups in total. The molecule has 4 heteroatoms. The Morgan fingerprint density at radius 3 is 1.43 bits per heavy atom. The van der Waals surface area contributed by atoms with Crippen molar-refractivity contribution in [2.45, 2.75) is 0 Å². The lowest BCUT2D eigenvalue weighted by molar-refractivity contribution is 0.669. The minimum absolute atomic E-state index is 0.885. The van der Waals surface area contributed by atoms with Crippen LogP contribution in [0.4, 0.5) is 0 Å². The molecular formula is C49H31N3O. The van der Waals surface area contributed by atoms with Gasteiger partial charge in [0.25, 0.3) is 0 Å². The van der Waals surface area contributed by atoms with Crippen LogP contribution in [0.1, 0.15) is 0 Å². The molecule has 248 valence electrons. The van der Waals surface area contributed by atoms with Crippen molar-refractivity contribution in [3.8, 4) is 45.0 Å². The van der Waals surface area contributed by atoms with E-state index in [1.54, 1.807) is 0 Å². The number of imidazole rings is 1. The minimum Gasteiger partial charge on any atom is -0.456 e. The van der Waals surface area contributed by atoms with E-state index < -0.39 is 0 Å². The van der Waals surface area contributed by atoms with Crippen LogP contribution in [-0.4, -0.2) is 14.1 Å². The summed E-state index contributed by atoms with van der Waals surface area (Å²) in [6, 6.07) is 66.7. The van der Waals surface area contributed by atoms with Gasteiger partial charge < -0.3 is 8.98 Å². The van der Waals surface area contributed by atoms with E-state index in [1.807, 2.05) is 12.1 Å². The Kier molecular flexibility index (Phi) is 6.52. The fourth-order valence-electron chi connectivity index (χ4n) is 8.01. The quantitative estimate of drug-likeness (QED) is 0.182. The molecule has 53 heavy (non-hydrogen) atoms. The van der Waals surface area contributed by atoms with Gasteiger partial charge in [-0.25, -0.2) is 4.98 Å². The van der Waals surface area contributed by atoms with Crippen LogP contribution in [0.15, 0.2) is 192 Å². The molecule has 0 radical (unpaired) electrons. The summed E-state index contributed by atoms with van der Waals surface area (Å²) in [5.41, 5.74) is 14.2. The summed E-state index contributed by atoms with van der Waals surface area (Å²) in [5, 5.41) is 4.75. The zero-order chi connectivity index (χ0) is 34.9. The van der Waals surface area contributed by atoms with Gasteiger partial charge in [0.15, 0.2) is 0 Å². The topological polar surface area (TPSA) is 35.9 Å². The van der Waals surface area contributed by atoms with Crippen LogP contribution in [0.5, 0.6) is 0 Å². The van der Waals surface area contributed by atoms with Crippen LogP contribution in [0, 0.1) is 0 Å². The minimum atomic E-state index is 0.885. The molecule has 0 bridgehead atoms. The summed E-state index contributed by atoms with van der Waals surface area (Å²) >= 11 is 0. The first kappa shape index (κ1) is 29.5. The smallest absolute Gasteiger partial charge is 0.145 e. The average molecular weight is 678 g/mol. The molecule has 0 aliphatic rings. The van der Waals surface area contributed by atoms with Crippen LogP contribution in [0.3, 0.4) is 0 Å². The largest absolute Gasteiger partial charge is 0.456 e. The SMILES string of the molecule is c1ccc(-n2c(-c3ccc(-c4ccc5oc6ccc(-c7ccc(-n8c9ccccc9c9ccccc98)cc7)cc6c5c4)cc3)nc3ccccc32)cc1. The average Bonchev–Trinajstić information content (AvgIpc) is 3.91. The van der Waals surface area contributed by atoms with E-state index in [2.05, 4.69) is 185 Å². The standard InChI is InChI=1S/C49H31N3O/c1-2-10-37(11-3-1)52-46-17-9-6-14-43(46)50-49(52)34-20-18-32(19-21-34)35-24-28-47-41(30-35)42-31-36(25-29-48(42)53-47)33-22-26-38(27-23-33)51-44-15-7-4-12-39(44)40-13-5-8-16-45(40)51/h1-31H. The molecule has 4 nitrogen and oxygen atoms in total. The summed E-state index contributed by atoms with van der Waals surface area (Å²) in [7, 11) is 0. The number of furan rings is 1. The Balaban J connectivity index is 0.945. The van der Waals surface area contributed by atoms with Crippen molar-refractivity contribution in [3.05, 3.63) is 188 Å². The third kappa shape index (κ3) is 4.73. The van der Waals surface area contributed by atoms with E-state index in [-0.39, 0.29) is 0 Å². The highest BCUT2D eigenvalue weighted by Gasteiger charge is 2.16. The fourth-order valence-corrected chi connectivity index (χ4v) is 8.01. The zero-order valence-corrected chi connectivity index (χ0v) is 28.6. The summed E-state index contributed by atoms with van der Waals surface area (Å²) < 4.78 is 10.9. The van der Waals surface area contributed by atoms with Gasteiger partial charge in [0.2, 0.25) is 0 Å². The van der Waals surface area contributed by atoms with Crippen LogP contribution in [0.25, 0.3) is 99.8 Å². The Morgan fingerprint density at radius 1 is 0.340 bits per heavy atom. The molecule has 0 atom stereocenters. The van der Waals surface area contributed by atoms with Gasteiger partial charge >= 0.3 is 0 Å². The first-order valence-electron chi connectivity index (χ1n) is 18.0. The first-order valence-corrected chi connectivity index (χ1v) is 18.0. The number of benzene rings is 8. The van der Waals surface area contributed by atoms with Gasteiger partial charge in [-0.05, 0) is 95.1 Å². The third-order valence-corrected chi connectivity index (χ3v) is 10.6. The van der Waals surface area contributed by atoms with Gasteiger partial charge in [0.1, 0.15) is 17.0 Å². The molecule has 0 aliphatic heterocycles. The van der Waals surface area contributed by atoms with E-state index in [9.17, 15) is 0 Å². The summed E-state index contributed by atoms with van der Waals surface area (Å²) in [5.74, 6) is 0.927. The molecule has 0 saturated carbocycles. The van der Waals surface area contributed by atoms with Gasteiger partial charge in [-0.3, -0.25) is 4.57 Å². The second kappa shape index (κ2) is 11.7. The number of fused-ring (bicyclic) bond motifs is 7. The fraction of sp³-hybridized carbons (Fsp3) is 0. The van der Waals surface area contributed by atoms with E-state index in [4.69, 9.17) is 9.40 Å². The van der Waals surface area contributed by atoms with Gasteiger partial charge in [0.05, 0.1) is 22.1 Å². The van der Waals surface area contributed by atoms with Crippen LogP contribution >= 0.6 is 0 Å². The number of rotatable bonds is 5. The van der Waals surface area contributed by atoms with Gasteiger partial charge in [-0.15, -0.1) is 0 Å². The van der Waals surface area contributed by atoms with E-state index in [0.717, 1.165) is 72.4 Å². The van der Waals surface area contributed by atoms with Crippen molar-refractivity contribution >= 4 is 54.8 Å². The van der Waals surface area contributed by atoms with Crippen molar-refractivity contribution in [3.63, 3.8) is 0 Å². The Labute approximate surface area is 305 Å². The van der Waals surface area contributed by atoms with Crippen molar-refractivity contribution in [2.24, 2.45) is 0 Å². The van der Waals surface area contributed by atoms with Crippen LogP contribution in [0.2, 0.25) is 0 Å². The van der Waals surface area contributed by atoms with Crippen molar-refractivity contribution in [1.82, 2.24) is 14.1 Å². The molecule has 0 amide bonds. The highest BCUT2D eigenvalue weighted by molar-refractivity contribution is 6.10. The molecule has 0 spiro atoms. The maximum atomic E-state index is 6.33. The van der Waals surface area contributed by atoms with Crippen molar-refractivity contribution in [2.75, 3.05) is 0 Å². The molecule has 0 fully saturated rings. The van der Waals surface area contributed by atoms with Gasteiger partial charge in [0, 0.05) is 38.5 Å². The van der Waals surface area contributed by atoms with Gasteiger partial charge in [-0.2, -0.15) is 0 Å². The predicted molar refractivity (Wildman–Crippen MR) is 219 cm³/mol. The number of para-hydroxylation sites is 5. The van der Waals surface area contributed by atoms with Gasteiger partial charge in [-0.1, -0.05) is 115 Å². The van der Waals surface area contributed by atoms with E-state index in [1.165, 1.54) is 27.4 Å². The lowest BCUT2D eigenvalue weighted by Gasteiger charge is -2.10. The second-order valence-electron chi connectivity index (χ2n) is 13.6. The van der Waals surface area contributed by atoms with Crippen molar-refractivity contribution < 1.29 is 4.42 Å². The monoisotopic (exact) mass is 677 g/mol. The summed E-state index contributed by atoms with van der Waals surface area (Å²) in [4.78, 5) is 5.05. The zero-order valence-electron chi connectivity index (χ0n) is 28.6. The Hall–Kier alpha value is -7.17. The molecule has 8 aromatic carbocycles.